The zero-order valence-corrected chi connectivity index (χ0v) is 13.6. The van der Waals surface area contributed by atoms with Gasteiger partial charge >= 0.3 is 0 Å². The molecule has 0 aliphatic carbocycles. The Balaban J connectivity index is 2.69. The van der Waals surface area contributed by atoms with Gasteiger partial charge in [-0.1, -0.05) is 50.1 Å². The maximum atomic E-state index is 11.6. The molecule has 1 aromatic carbocycles. The van der Waals surface area contributed by atoms with Crippen LogP contribution in [0, 0.1) is 12.3 Å². The number of carbonyl (C=O) groups excluding carboxylic acids is 1. The summed E-state index contributed by atoms with van der Waals surface area (Å²) in [7, 11) is 1.99. The summed E-state index contributed by atoms with van der Waals surface area (Å²) < 4.78 is 0. The lowest BCUT2D eigenvalue weighted by Crippen LogP contribution is -2.28. The predicted molar refractivity (Wildman–Crippen MR) is 86.2 cm³/mol. The molecular formula is C18H29NO. The molecule has 20 heavy (non-hydrogen) atoms. The van der Waals surface area contributed by atoms with E-state index >= 15 is 0 Å². The second-order valence-electron chi connectivity index (χ2n) is 6.95. The molecule has 1 atom stereocenters. The first-order valence-corrected chi connectivity index (χ1v) is 7.51. The topological polar surface area (TPSA) is 29.1 Å². The van der Waals surface area contributed by atoms with Crippen molar-refractivity contribution in [1.82, 2.24) is 5.32 Å². The number of hydrogen-bond donors (Lipinski definition) is 1. The minimum atomic E-state index is -0.359. The van der Waals surface area contributed by atoms with Gasteiger partial charge in [-0.2, -0.15) is 0 Å². The van der Waals surface area contributed by atoms with Crippen molar-refractivity contribution in [2.75, 3.05) is 13.6 Å². The largest absolute Gasteiger partial charge is 0.319 e. The minimum absolute atomic E-state index is 0.283. The Morgan fingerprint density at radius 2 is 1.90 bits per heavy atom. The van der Waals surface area contributed by atoms with Crippen molar-refractivity contribution < 1.29 is 4.79 Å². The minimum Gasteiger partial charge on any atom is -0.319 e. The highest BCUT2D eigenvalue weighted by molar-refractivity contribution is 5.68. The Labute approximate surface area is 124 Å². The molecule has 0 amide bonds. The third-order valence-corrected chi connectivity index (χ3v) is 4.14. The van der Waals surface area contributed by atoms with Gasteiger partial charge in [-0.25, -0.2) is 0 Å². The van der Waals surface area contributed by atoms with Crippen LogP contribution in [-0.2, 0) is 10.2 Å². The van der Waals surface area contributed by atoms with Crippen molar-refractivity contribution in [2.45, 2.75) is 52.4 Å². The molecule has 0 aromatic heterocycles. The molecule has 0 spiro atoms. The highest BCUT2D eigenvalue weighted by Crippen LogP contribution is 2.31. The number of rotatable bonds is 8. The Kier molecular flexibility index (Phi) is 5.94. The van der Waals surface area contributed by atoms with E-state index in [9.17, 15) is 4.79 Å². The van der Waals surface area contributed by atoms with Crippen LogP contribution in [0.5, 0.6) is 0 Å². The summed E-state index contributed by atoms with van der Waals surface area (Å²) in [5, 5.41) is 3.24. The molecule has 0 aliphatic heterocycles. The maximum Gasteiger partial charge on any atom is 0.130 e. The van der Waals surface area contributed by atoms with E-state index in [1.807, 2.05) is 13.1 Å². The number of aldehydes is 1. The Hall–Kier alpha value is -1.15. The van der Waals surface area contributed by atoms with E-state index in [1.54, 1.807) is 0 Å². The number of benzene rings is 1. The lowest BCUT2D eigenvalue weighted by atomic mass is 9.77. The Bertz CT molecular complexity index is 439. The maximum absolute atomic E-state index is 11.6. The van der Waals surface area contributed by atoms with Crippen LogP contribution in [-0.4, -0.2) is 19.9 Å². The second kappa shape index (κ2) is 7.03. The number of carbonyl (C=O) groups is 1. The zero-order valence-electron chi connectivity index (χ0n) is 13.6. The fourth-order valence-corrected chi connectivity index (χ4v) is 2.77. The second-order valence-corrected chi connectivity index (χ2v) is 6.95. The van der Waals surface area contributed by atoms with Gasteiger partial charge in [0, 0.05) is 5.41 Å². The van der Waals surface area contributed by atoms with Gasteiger partial charge in [-0.3, -0.25) is 0 Å². The SMILES string of the molecule is CNCC(C)(C)CCC[C@@](C)(C=O)c1cccc(C)c1. The standard InChI is InChI=1S/C18H29NO/c1-15-8-6-9-16(12-15)18(4,14-20)11-7-10-17(2,3)13-19-5/h6,8-9,12,14,19H,7,10-11,13H2,1-5H3/t18-/m0/s1. The molecule has 0 radical (unpaired) electrons. The summed E-state index contributed by atoms with van der Waals surface area (Å²) >= 11 is 0. The van der Waals surface area contributed by atoms with Crippen molar-refractivity contribution in [3.05, 3.63) is 35.4 Å². The molecule has 2 nitrogen and oxygen atoms in total. The molecule has 0 fully saturated rings. The van der Waals surface area contributed by atoms with Gasteiger partial charge in [0.05, 0.1) is 0 Å². The van der Waals surface area contributed by atoms with Crippen molar-refractivity contribution >= 4 is 6.29 Å². The Morgan fingerprint density at radius 1 is 1.20 bits per heavy atom. The zero-order chi connectivity index (χ0) is 15.2. The van der Waals surface area contributed by atoms with Crippen LogP contribution in [0.25, 0.3) is 0 Å². The first kappa shape index (κ1) is 16.9. The lowest BCUT2D eigenvalue weighted by Gasteiger charge is -2.28. The number of aryl methyl sites for hydroxylation is 1. The number of nitrogens with one attached hydrogen (secondary N) is 1. The van der Waals surface area contributed by atoms with Crippen LogP contribution in [0.1, 0.15) is 51.2 Å². The summed E-state index contributed by atoms with van der Waals surface area (Å²) in [6.07, 6.45) is 4.22. The van der Waals surface area contributed by atoms with Gasteiger partial charge in [0.15, 0.2) is 0 Å². The molecule has 1 N–H and O–H groups in total. The summed E-state index contributed by atoms with van der Waals surface area (Å²) in [6, 6.07) is 8.31. The van der Waals surface area contributed by atoms with Crippen molar-refractivity contribution in [3.8, 4) is 0 Å². The lowest BCUT2D eigenvalue weighted by molar-refractivity contribution is -0.112. The monoisotopic (exact) mass is 275 g/mol. The average Bonchev–Trinajstić information content (AvgIpc) is 2.38. The first-order chi connectivity index (χ1) is 9.33. The Morgan fingerprint density at radius 3 is 2.45 bits per heavy atom. The molecule has 0 aliphatic rings. The quantitative estimate of drug-likeness (QED) is 0.730. The van der Waals surface area contributed by atoms with Crippen LogP contribution in [0.4, 0.5) is 0 Å². The fourth-order valence-electron chi connectivity index (χ4n) is 2.77. The number of hydrogen-bond acceptors (Lipinski definition) is 2. The van der Waals surface area contributed by atoms with E-state index in [0.717, 1.165) is 37.7 Å². The van der Waals surface area contributed by atoms with Crippen LogP contribution in [0.2, 0.25) is 0 Å². The van der Waals surface area contributed by atoms with E-state index in [2.05, 4.69) is 51.2 Å². The van der Waals surface area contributed by atoms with Gasteiger partial charge in [0.2, 0.25) is 0 Å². The third-order valence-electron chi connectivity index (χ3n) is 4.14. The molecule has 0 bridgehead atoms. The molecule has 1 aromatic rings. The van der Waals surface area contributed by atoms with Gasteiger partial charge in [-0.15, -0.1) is 0 Å². The highest BCUT2D eigenvalue weighted by atomic mass is 16.1. The highest BCUT2D eigenvalue weighted by Gasteiger charge is 2.27. The van der Waals surface area contributed by atoms with E-state index in [1.165, 1.54) is 5.56 Å². The summed E-state index contributed by atoms with van der Waals surface area (Å²) in [4.78, 5) is 11.6. The van der Waals surface area contributed by atoms with E-state index < -0.39 is 0 Å². The third kappa shape index (κ3) is 4.75. The summed E-state index contributed by atoms with van der Waals surface area (Å²) in [5.74, 6) is 0. The summed E-state index contributed by atoms with van der Waals surface area (Å²) in [5.41, 5.74) is 2.28. The van der Waals surface area contributed by atoms with Crippen LogP contribution < -0.4 is 5.32 Å². The van der Waals surface area contributed by atoms with E-state index in [4.69, 9.17) is 0 Å². The van der Waals surface area contributed by atoms with Crippen molar-refractivity contribution in [1.29, 1.82) is 0 Å². The van der Waals surface area contributed by atoms with Crippen molar-refractivity contribution in [3.63, 3.8) is 0 Å². The van der Waals surface area contributed by atoms with Gasteiger partial charge in [0.1, 0.15) is 6.29 Å². The molecule has 2 heteroatoms. The molecular weight excluding hydrogens is 246 g/mol. The van der Waals surface area contributed by atoms with Crippen molar-refractivity contribution in [2.24, 2.45) is 5.41 Å². The van der Waals surface area contributed by atoms with Gasteiger partial charge < -0.3 is 10.1 Å². The molecule has 0 heterocycles. The van der Waals surface area contributed by atoms with Gasteiger partial charge in [0.25, 0.3) is 0 Å². The first-order valence-electron chi connectivity index (χ1n) is 7.51. The smallest absolute Gasteiger partial charge is 0.130 e. The van der Waals surface area contributed by atoms with Crippen LogP contribution >= 0.6 is 0 Å². The van der Waals surface area contributed by atoms with Crippen LogP contribution in [0.3, 0.4) is 0 Å². The average molecular weight is 275 g/mol. The predicted octanol–water partition coefficient (Wildman–Crippen LogP) is 3.87. The summed E-state index contributed by atoms with van der Waals surface area (Å²) in [6.45, 7) is 9.68. The normalized spacial score (nSPS) is 14.8. The molecule has 0 saturated carbocycles. The molecule has 0 saturated heterocycles. The molecule has 0 unspecified atom stereocenters. The van der Waals surface area contributed by atoms with E-state index in [-0.39, 0.29) is 10.8 Å². The van der Waals surface area contributed by atoms with Gasteiger partial charge in [-0.05, 0) is 51.3 Å². The molecule has 112 valence electrons. The van der Waals surface area contributed by atoms with E-state index in [0.29, 0.717) is 0 Å². The van der Waals surface area contributed by atoms with Crippen LogP contribution in [0.15, 0.2) is 24.3 Å². The molecule has 1 rings (SSSR count). The fraction of sp³-hybridized carbons (Fsp3) is 0.611.